The molecule has 0 aromatic heterocycles. The zero-order valence-electron chi connectivity index (χ0n) is 13.0. The molecule has 0 spiro atoms. The predicted octanol–water partition coefficient (Wildman–Crippen LogP) is 2.57. The van der Waals surface area contributed by atoms with Crippen molar-refractivity contribution in [3.63, 3.8) is 0 Å². The van der Waals surface area contributed by atoms with E-state index in [0.717, 1.165) is 57.8 Å². The molecule has 0 atom stereocenters. The van der Waals surface area contributed by atoms with Gasteiger partial charge in [0.15, 0.2) is 0 Å². The summed E-state index contributed by atoms with van der Waals surface area (Å²) in [5.41, 5.74) is 1.03. The van der Waals surface area contributed by atoms with Crippen LogP contribution in [0.2, 0.25) is 0 Å². The molecule has 1 aromatic rings. The van der Waals surface area contributed by atoms with E-state index in [1.54, 1.807) is 0 Å². The minimum Gasteiger partial charge on any atom is -0.342 e. The van der Waals surface area contributed by atoms with Gasteiger partial charge in [0.1, 0.15) is 0 Å². The van der Waals surface area contributed by atoms with Crippen LogP contribution in [-0.2, 0) is 10.2 Å². The fourth-order valence-electron chi connectivity index (χ4n) is 3.50. The van der Waals surface area contributed by atoms with Crippen LogP contribution in [0.1, 0.15) is 38.2 Å². The lowest BCUT2D eigenvalue weighted by Crippen LogP contribution is -2.45. The smallest absolute Gasteiger partial charge is 0.233 e. The van der Waals surface area contributed by atoms with Crippen LogP contribution in [0.3, 0.4) is 0 Å². The van der Waals surface area contributed by atoms with Crippen LogP contribution in [0.5, 0.6) is 0 Å². The molecule has 21 heavy (non-hydrogen) atoms. The van der Waals surface area contributed by atoms with Gasteiger partial charge >= 0.3 is 0 Å². The maximum absolute atomic E-state index is 12.9. The topological polar surface area (TPSA) is 32.3 Å². The maximum atomic E-state index is 12.9. The van der Waals surface area contributed by atoms with E-state index in [0.29, 0.717) is 5.91 Å². The lowest BCUT2D eigenvalue weighted by molar-refractivity contribution is -0.135. The molecule has 1 saturated heterocycles. The predicted molar refractivity (Wildman–Crippen MR) is 85.2 cm³/mol. The molecule has 3 rings (SSSR count). The first kappa shape index (κ1) is 14.6. The third kappa shape index (κ3) is 2.98. The highest BCUT2D eigenvalue weighted by Crippen LogP contribution is 2.49. The number of piperidine rings is 1. The fraction of sp³-hybridized carbons (Fsp3) is 0.611. The van der Waals surface area contributed by atoms with Crippen molar-refractivity contribution in [1.82, 2.24) is 10.2 Å². The highest BCUT2D eigenvalue weighted by atomic mass is 16.2. The molecule has 0 unspecified atom stereocenters. The summed E-state index contributed by atoms with van der Waals surface area (Å²) in [4.78, 5) is 15.0. The number of carbonyl (C=O) groups is 1. The van der Waals surface area contributed by atoms with Crippen LogP contribution < -0.4 is 5.32 Å². The van der Waals surface area contributed by atoms with Gasteiger partial charge in [-0.1, -0.05) is 37.3 Å². The van der Waals surface area contributed by atoms with Crippen LogP contribution in [0.15, 0.2) is 30.3 Å². The van der Waals surface area contributed by atoms with Crippen LogP contribution in [0, 0.1) is 5.92 Å². The molecule has 1 N–H and O–H groups in total. The zero-order valence-corrected chi connectivity index (χ0v) is 13.0. The fourth-order valence-corrected chi connectivity index (χ4v) is 3.50. The number of nitrogens with one attached hydrogen (secondary N) is 1. The molecular formula is C18H26N2O. The van der Waals surface area contributed by atoms with Gasteiger partial charge in [-0.05, 0) is 50.3 Å². The summed E-state index contributed by atoms with van der Waals surface area (Å²) in [6.45, 7) is 6.15. The van der Waals surface area contributed by atoms with E-state index in [1.165, 1.54) is 5.56 Å². The summed E-state index contributed by atoms with van der Waals surface area (Å²) >= 11 is 0. The van der Waals surface area contributed by atoms with Crippen molar-refractivity contribution < 1.29 is 4.79 Å². The second-order valence-electron chi connectivity index (χ2n) is 6.49. The molecule has 1 heterocycles. The summed E-state index contributed by atoms with van der Waals surface area (Å²) in [6.07, 6.45) is 4.33. The Balaban J connectivity index is 1.60. The molecule has 0 radical (unpaired) electrons. The molecule has 114 valence electrons. The Labute approximate surface area is 127 Å². The van der Waals surface area contributed by atoms with E-state index in [2.05, 4.69) is 29.3 Å². The standard InChI is InChI=1S/C18H26N2O/c1-2-19-14-15-8-12-20(13-9-15)17(21)18(10-11-18)16-6-4-3-5-7-16/h3-7,15,19H,2,8-14H2,1H3. The van der Waals surface area contributed by atoms with Crippen molar-refractivity contribution in [1.29, 1.82) is 0 Å². The second kappa shape index (κ2) is 6.18. The number of nitrogens with zero attached hydrogens (tertiary/aromatic N) is 1. The van der Waals surface area contributed by atoms with Crippen molar-refractivity contribution in [2.75, 3.05) is 26.2 Å². The van der Waals surface area contributed by atoms with Crippen LogP contribution >= 0.6 is 0 Å². The summed E-state index contributed by atoms with van der Waals surface area (Å²) in [6, 6.07) is 10.3. The molecule has 0 bridgehead atoms. The first-order valence-corrected chi connectivity index (χ1v) is 8.32. The van der Waals surface area contributed by atoms with E-state index in [4.69, 9.17) is 0 Å². The van der Waals surface area contributed by atoms with Gasteiger partial charge in [-0.15, -0.1) is 0 Å². The lowest BCUT2D eigenvalue weighted by Gasteiger charge is -2.34. The van der Waals surface area contributed by atoms with E-state index < -0.39 is 0 Å². The van der Waals surface area contributed by atoms with E-state index >= 15 is 0 Å². The SMILES string of the molecule is CCNCC1CCN(C(=O)C2(c3ccccc3)CC2)CC1. The van der Waals surface area contributed by atoms with Gasteiger partial charge in [-0.25, -0.2) is 0 Å². The quantitative estimate of drug-likeness (QED) is 0.902. The van der Waals surface area contributed by atoms with Crippen molar-refractivity contribution in [2.24, 2.45) is 5.92 Å². The minimum absolute atomic E-state index is 0.185. The van der Waals surface area contributed by atoms with Gasteiger partial charge in [0.05, 0.1) is 5.41 Å². The van der Waals surface area contributed by atoms with E-state index in [-0.39, 0.29) is 5.41 Å². The van der Waals surface area contributed by atoms with Crippen molar-refractivity contribution in [3.05, 3.63) is 35.9 Å². The number of rotatable bonds is 5. The van der Waals surface area contributed by atoms with Crippen molar-refractivity contribution in [3.8, 4) is 0 Å². The number of hydrogen-bond acceptors (Lipinski definition) is 2. The average molecular weight is 286 g/mol. The van der Waals surface area contributed by atoms with Crippen molar-refractivity contribution >= 4 is 5.91 Å². The van der Waals surface area contributed by atoms with Gasteiger partial charge in [0, 0.05) is 13.1 Å². The molecule has 3 nitrogen and oxygen atoms in total. The number of hydrogen-bond donors (Lipinski definition) is 1. The molecule has 1 amide bonds. The van der Waals surface area contributed by atoms with Gasteiger partial charge in [-0.2, -0.15) is 0 Å². The van der Waals surface area contributed by atoms with Gasteiger partial charge < -0.3 is 10.2 Å². The molecule has 1 aliphatic carbocycles. The van der Waals surface area contributed by atoms with E-state index in [1.807, 2.05) is 18.2 Å². The number of likely N-dealkylation sites (tertiary alicyclic amines) is 1. The lowest BCUT2D eigenvalue weighted by atomic mass is 9.91. The number of carbonyl (C=O) groups excluding carboxylic acids is 1. The first-order valence-electron chi connectivity index (χ1n) is 8.32. The minimum atomic E-state index is -0.185. The maximum Gasteiger partial charge on any atom is 0.233 e. The monoisotopic (exact) mass is 286 g/mol. The third-order valence-electron chi connectivity index (χ3n) is 5.07. The molecule has 3 heteroatoms. The van der Waals surface area contributed by atoms with Gasteiger partial charge in [-0.3, -0.25) is 4.79 Å². The Morgan fingerprint density at radius 3 is 2.48 bits per heavy atom. The van der Waals surface area contributed by atoms with Crippen LogP contribution in [0.25, 0.3) is 0 Å². The molecule has 1 aromatic carbocycles. The van der Waals surface area contributed by atoms with Gasteiger partial charge in [0.25, 0.3) is 0 Å². The largest absolute Gasteiger partial charge is 0.342 e. The van der Waals surface area contributed by atoms with Crippen LogP contribution in [0.4, 0.5) is 0 Å². The highest BCUT2D eigenvalue weighted by molar-refractivity contribution is 5.91. The highest BCUT2D eigenvalue weighted by Gasteiger charge is 2.53. The Bertz CT molecular complexity index is 473. The Kier molecular flexibility index (Phi) is 4.29. The van der Waals surface area contributed by atoms with Gasteiger partial charge in [0.2, 0.25) is 5.91 Å². The van der Waals surface area contributed by atoms with E-state index in [9.17, 15) is 4.79 Å². The Morgan fingerprint density at radius 2 is 1.90 bits per heavy atom. The molecule has 2 fully saturated rings. The van der Waals surface area contributed by atoms with Crippen LogP contribution in [-0.4, -0.2) is 37.0 Å². The number of amides is 1. The Hall–Kier alpha value is -1.35. The summed E-state index contributed by atoms with van der Waals surface area (Å²) in [5.74, 6) is 1.11. The second-order valence-corrected chi connectivity index (χ2v) is 6.49. The normalized spacial score (nSPS) is 21.3. The molecule has 1 saturated carbocycles. The summed E-state index contributed by atoms with van der Waals surface area (Å²) in [5, 5.41) is 3.43. The Morgan fingerprint density at radius 1 is 1.24 bits per heavy atom. The summed E-state index contributed by atoms with van der Waals surface area (Å²) in [7, 11) is 0. The number of benzene rings is 1. The third-order valence-corrected chi connectivity index (χ3v) is 5.07. The zero-order chi connectivity index (χ0) is 14.7. The molecule has 2 aliphatic rings. The molecule has 1 aliphatic heterocycles. The molecular weight excluding hydrogens is 260 g/mol. The van der Waals surface area contributed by atoms with Crippen molar-refractivity contribution in [2.45, 2.75) is 38.0 Å². The first-order chi connectivity index (χ1) is 10.3. The summed E-state index contributed by atoms with van der Waals surface area (Å²) < 4.78 is 0. The average Bonchev–Trinajstić information content (AvgIpc) is 3.35.